The van der Waals surface area contributed by atoms with E-state index in [0.717, 1.165) is 18.7 Å². The Labute approximate surface area is 97.5 Å². The van der Waals surface area contributed by atoms with Gasteiger partial charge in [0.15, 0.2) is 0 Å². The lowest BCUT2D eigenvalue weighted by molar-refractivity contribution is 0.402. The van der Waals surface area contributed by atoms with E-state index in [1.807, 2.05) is 0 Å². The molecule has 0 unspecified atom stereocenters. The van der Waals surface area contributed by atoms with Crippen molar-refractivity contribution in [3.05, 3.63) is 35.0 Å². The van der Waals surface area contributed by atoms with Crippen LogP contribution in [0.25, 0.3) is 10.9 Å². The first-order valence-corrected chi connectivity index (χ1v) is 5.75. The zero-order valence-electron chi connectivity index (χ0n) is 8.58. The van der Waals surface area contributed by atoms with Crippen LogP contribution < -0.4 is 0 Å². The maximum atomic E-state index is 13.5. The second kappa shape index (κ2) is 3.67. The fourth-order valence-electron chi connectivity index (χ4n) is 1.96. The Morgan fingerprint density at radius 1 is 1.25 bits per heavy atom. The Morgan fingerprint density at radius 3 is 2.75 bits per heavy atom. The highest BCUT2D eigenvalue weighted by atomic mass is 35.5. The number of halogens is 2. The van der Waals surface area contributed by atoms with Crippen LogP contribution in [0, 0.1) is 5.82 Å². The number of benzene rings is 1. The summed E-state index contributed by atoms with van der Waals surface area (Å²) in [6.45, 7) is 0. The van der Waals surface area contributed by atoms with Gasteiger partial charge >= 0.3 is 0 Å². The van der Waals surface area contributed by atoms with Crippen LogP contribution in [-0.4, -0.2) is 9.97 Å². The number of rotatable bonds is 1. The van der Waals surface area contributed by atoms with Crippen molar-refractivity contribution in [2.45, 2.75) is 25.2 Å². The largest absolute Gasteiger partial charge is 0.232 e. The highest BCUT2D eigenvalue weighted by Gasteiger charge is 2.23. The van der Waals surface area contributed by atoms with E-state index in [9.17, 15) is 4.39 Å². The Kier molecular flexibility index (Phi) is 2.28. The van der Waals surface area contributed by atoms with Gasteiger partial charge in [0.2, 0.25) is 0 Å². The third-order valence-electron chi connectivity index (χ3n) is 3.12. The first-order valence-electron chi connectivity index (χ1n) is 5.37. The Morgan fingerprint density at radius 2 is 2.06 bits per heavy atom. The maximum absolute atomic E-state index is 13.5. The molecular formula is C12H10ClFN2. The topological polar surface area (TPSA) is 25.8 Å². The summed E-state index contributed by atoms with van der Waals surface area (Å²) >= 11 is 6.00. The number of hydrogen-bond donors (Lipinski definition) is 0. The molecule has 1 aromatic carbocycles. The van der Waals surface area contributed by atoms with Crippen LogP contribution in [0.15, 0.2) is 18.2 Å². The number of nitrogens with zero attached hydrogens (tertiary/aromatic N) is 2. The minimum atomic E-state index is -0.359. The van der Waals surface area contributed by atoms with Gasteiger partial charge in [-0.1, -0.05) is 24.1 Å². The zero-order valence-corrected chi connectivity index (χ0v) is 9.34. The van der Waals surface area contributed by atoms with Crippen LogP contribution in [0.3, 0.4) is 0 Å². The molecule has 0 aliphatic heterocycles. The molecule has 1 aliphatic carbocycles. The molecule has 1 fully saturated rings. The molecular weight excluding hydrogens is 227 g/mol. The standard InChI is InChI=1S/C12H10ClFN2/c13-11-10-8(14)5-2-6-9(10)15-12(16-11)7-3-1-4-7/h2,5-7H,1,3-4H2. The van der Waals surface area contributed by atoms with Gasteiger partial charge in [0.1, 0.15) is 16.8 Å². The molecule has 3 rings (SSSR count). The Hall–Kier alpha value is -1.22. The molecule has 1 aromatic heterocycles. The molecule has 0 atom stereocenters. The summed E-state index contributed by atoms with van der Waals surface area (Å²) in [6, 6.07) is 4.79. The van der Waals surface area contributed by atoms with E-state index in [1.54, 1.807) is 12.1 Å². The Bertz CT molecular complexity index is 552. The van der Waals surface area contributed by atoms with Crippen molar-refractivity contribution in [1.29, 1.82) is 0 Å². The lowest BCUT2D eigenvalue weighted by Gasteiger charge is -2.23. The van der Waals surface area contributed by atoms with Gasteiger partial charge in [-0.25, -0.2) is 14.4 Å². The fourth-order valence-corrected chi connectivity index (χ4v) is 2.24. The van der Waals surface area contributed by atoms with E-state index in [0.29, 0.717) is 16.8 Å². The molecule has 2 nitrogen and oxygen atoms in total. The van der Waals surface area contributed by atoms with E-state index < -0.39 is 0 Å². The van der Waals surface area contributed by atoms with E-state index in [-0.39, 0.29) is 11.0 Å². The highest BCUT2D eigenvalue weighted by molar-refractivity contribution is 6.34. The average molecular weight is 237 g/mol. The van der Waals surface area contributed by atoms with Crippen molar-refractivity contribution in [3.63, 3.8) is 0 Å². The van der Waals surface area contributed by atoms with Crippen molar-refractivity contribution in [1.82, 2.24) is 9.97 Å². The molecule has 4 heteroatoms. The third-order valence-corrected chi connectivity index (χ3v) is 3.39. The summed E-state index contributed by atoms with van der Waals surface area (Å²) in [5.41, 5.74) is 0.599. The van der Waals surface area contributed by atoms with Crippen molar-refractivity contribution in [3.8, 4) is 0 Å². The van der Waals surface area contributed by atoms with Crippen LogP contribution in [0.1, 0.15) is 31.0 Å². The second-order valence-corrected chi connectivity index (χ2v) is 4.49. The average Bonchev–Trinajstić information content (AvgIpc) is 2.14. The van der Waals surface area contributed by atoms with Gasteiger partial charge in [-0.2, -0.15) is 0 Å². The van der Waals surface area contributed by atoms with Crippen LogP contribution >= 0.6 is 11.6 Å². The van der Waals surface area contributed by atoms with Crippen molar-refractivity contribution >= 4 is 22.5 Å². The van der Waals surface area contributed by atoms with Gasteiger partial charge in [0.25, 0.3) is 0 Å². The highest BCUT2D eigenvalue weighted by Crippen LogP contribution is 2.36. The summed E-state index contributed by atoms with van der Waals surface area (Å²) in [7, 11) is 0. The van der Waals surface area contributed by atoms with Crippen molar-refractivity contribution in [2.24, 2.45) is 0 Å². The minimum Gasteiger partial charge on any atom is -0.232 e. The maximum Gasteiger partial charge on any atom is 0.143 e. The molecule has 2 aromatic rings. The van der Waals surface area contributed by atoms with Crippen LogP contribution in [-0.2, 0) is 0 Å². The zero-order chi connectivity index (χ0) is 11.1. The van der Waals surface area contributed by atoms with Gasteiger partial charge in [0.05, 0.1) is 10.9 Å². The van der Waals surface area contributed by atoms with Gasteiger partial charge in [0, 0.05) is 5.92 Å². The summed E-state index contributed by atoms with van der Waals surface area (Å²) in [6.07, 6.45) is 3.43. The molecule has 0 saturated heterocycles. The van der Waals surface area contributed by atoms with Crippen LogP contribution in [0.4, 0.5) is 4.39 Å². The molecule has 16 heavy (non-hydrogen) atoms. The van der Waals surface area contributed by atoms with Gasteiger partial charge < -0.3 is 0 Å². The SMILES string of the molecule is Fc1cccc2nc(C3CCC3)nc(Cl)c12. The first kappa shape index (κ1) is 9.97. The normalized spacial score (nSPS) is 16.4. The van der Waals surface area contributed by atoms with E-state index >= 15 is 0 Å². The fraction of sp³-hybridized carbons (Fsp3) is 0.333. The summed E-state index contributed by atoms with van der Waals surface area (Å²) in [5, 5.41) is 0.553. The van der Waals surface area contributed by atoms with Crippen molar-refractivity contribution in [2.75, 3.05) is 0 Å². The summed E-state index contributed by atoms with van der Waals surface area (Å²) in [4.78, 5) is 8.58. The predicted octanol–water partition coefficient (Wildman–Crippen LogP) is 3.69. The third kappa shape index (κ3) is 1.47. The number of fused-ring (bicyclic) bond motifs is 1. The summed E-state index contributed by atoms with van der Waals surface area (Å²) < 4.78 is 13.5. The van der Waals surface area contributed by atoms with Gasteiger partial charge in [-0.15, -0.1) is 0 Å². The van der Waals surface area contributed by atoms with Crippen LogP contribution in [0.5, 0.6) is 0 Å². The smallest absolute Gasteiger partial charge is 0.143 e. The molecule has 0 bridgehead atoms. The molecule has 0 N–H and O–H groups in total. The quantitative estimate of drug-likeness (QED) is 0.706. The number of aromatic nitrogens is 2. The second-order valence-electron chi connectivity index (χ2n) is 4.13. The van der Waals surface area contributed by atoms with Gasteiger partial charge in [-0.3, -0.25) is 0 Å². The molecule has 0 spiro atoms. The molecule has 0 radical (unpaired) electrons. The molecule has 1 saturated carbocycles. The predicted molar refractivity (Wildman–Crippen MR) is 61.1 cm³/mol. The van der Waals surface area contributed by atoms with E-state index in [1.165, 1.54) is 12.5 Å². The van der Waals surface area contributed by atoms with Crippen molar-refractivity contribution < 1.29 is 4.39 Å². The molecule has 1 aliphatic rings. The number of hydrogen-bond acceptors (Lipinski definition) is 2. The molecule has 1 heterocycles. The lowest BCUT2D eigenvalue weighted by Crippen LogP contribution is -2.13. The summed E-state index contributed by atoms with van der Waals surface area (Å²) in [5.74, 6) is 0.808. The van der Waals surface area contributed by atoms with E-state index in [4.69, 9.17) is 11.6 Å². The monoisotopic (exact) mass is 236 g/mol. The minimum absolute atomic E-state index is 0.227. The van der Waals surface area contributed by atoms with E-state index in [2.05, 4.69) is 9.97 Å². The van der Waals surface area contributed by atoms with Gasteiger partial charge in [-0.05, 0) is 25.0 Å². The first-order chi connectivity index (χ1) is 7.75. The van der Waals surface area contributed by atoms with Crippen LogP contribution in [0.2, 0.25) is 5.15 Å². The molecule has 82 valence electrons. The Balaban J connectivity index is 2.21. The molecule has 0 amide bonds. The lowest BCUT2D eigenvalue weighted by atomic mass is 9.85.